The lowest BCUT2D eigenvalue weighted by Crippen LogP contribution is -2.29. The quantitative estimate of drug-likeness (QED) is 0.906. The van der Waals surface area contributed by atoms with Gasteiger partial charge < -0.3 is 15.1 Å². The Morgan fingerprint density at radius 1 is 1.22 bits per heavy atom. The van der Waals surface area contributed by atoms with Crippen molar-refractivity contribution in [1.29, 1.82) is 0 Å². The molecule has 1 heterocycles. The van der Waals surface area contributed by atoms with Crippen LogP contribution in [0.25, 0.3) is 0 Å². The van der Waals surface area contributed by atoms with E-state index in [0.29, 0.717) is 0 Å². The van der Waals surface area contributed by atoms with Gasteiger partial charge in [-0.25, -0.2) is 0 Å². The molecular formula is C14H22ClN3. The van der Waals surface area contributed by atoms with Crippen molar-refractivity contribution >= 4 is 17.3 Å². The molecule has 1 aromatic rings. The Kier molecular flexibility index (Phi) is 4.87. The molecule has 3 nitrogen and oxygen atoms in total. The molecule has 2 rings (SSSR count). The third-order valence-electron chi connectivity index (χ3n) is 3.47. The van der Waals surface area contributed by atoms with Crippen LogP contribution in [-0.2, 0) is 6.54 Å². The van der Waals surface area contributed by atoms with Gasteiger partial charge in [-0.05, 0) is 50.8 Å². The predicted molar refractivity (Wildman–Crippen MR) is 78.5 cm³/mol. The van der Waals surface area contributed by atoms with Gasteiger partial charge in [0.2, 0.25) is 0 Å². The Morgan fingerprint density at radius 2 is 2.06 bits per heavy atom. The smallest absolute Gasteiger partial charge is 0.0413 e. The molecule has 0 bridgehead atoms. The van der Waals surface area contributed by atoms with E-state index in [1.165, 1.54) is 24.2 Å². The van der Waals surface area contributed by atoms with E-state index in [4.69, 9.17) is 11.6 Å². The monoisotopic (exact) mass is 267 g/mol. The Hall–Kier alpha value is -0.770. The summed E-state index contributed by atoms with van der Waals surface area (Å²) in [5, 5.41) is 4.04. The van der Waals surface area contributed by atoms with Gasteiger partial charge in [-0.3, -0.25) is 0 Å². The normalized spacial score (nSPS) is 17.8. The molecule has 4 heteroatoms. The summed E-state index contributed by atoms with van der Waals surface area (Å²) in [6.07, 6.45) is 1.22. The van der Waals surface area contributed by atoms with Crippen molar-refractivity contribution in [2.75, 3.05) is 45.2 Å². The third-order valence-corrected chi connectivity index (χ3v) is 3.70. The maximum atomic E-state index is 6.09. The van der Waals surface area contributed by atoms with Crippen molar-refractivity contribution in [3.8, 4) is 0 Å². The maximum Gasteiger partial charge on any atom is 0.0413 e. The molecule has 1 fully saturated rings. The van der Waals surface area contributed by atoms with Gasteiger partial charge in [-0.15, -0.1) is 0 Å². The Bertz CT molecular complexity index is 395. The molecule has 1 N–H and O–H groups in total. The molecule has 18 heavy (non-hydrogen) atoms. The standard InChI is InChI=1S/C14H22ClN3/c1-16-11-12-10-13(15)4-5-14(12)18-7-3-6-17(2)8-9-18/h4-5,10,16H,3,6-9,11H2,1-2H3. The zero-order valence-electron chi connectivity index (χ0n) is 11.2. The van der Waals surface area contributed by atoms with E-state index in [2.05, 4.69) is 34.3 Å². The molecule has 1 aliphatic heterocycles. The predicted octanol–water partition coefficient (Wildman–Crippen LogP) is 2.20. The first-order valence-electron chi connectivity index (χ1n) is 6.57. The van der Waals surface area contributed by atoms with Crippen molar-refractivity contribution in [3.63, 3.8) is 0 Å². The van der Waals surface area contributed by atoms with Crippen LogP contribution in [-0.4, -0.2) is 45.2 Å². The highest BCUT2D eigenvalue weighted by Crippen LogP contribution is 2.25. The highest BCUT2D eigenvalue weighted by molar-refractivity contribution is 6.30. The summed E-state index contributed by atoms with van der Waals surface area (Å²) in [5.74, 6) is 0. The number of rotatable bonds is 3. The van der Waals surface area contributed by atoms with Gasteiger partial charge >= 0.3 is 0 Å². The van der Waals surface area contributed by atoms with Gasteiger partial charge in [0.25, 0.3) is 0 Å². The fourth-order valence-corrected chi connectivity index (χ4v) is 2.68. The van der Waals surface area contributed by atoms with Crippen LogP contribution in [0.3, 0.4) is 0 Å². The SMILES string of the molecule is CNCc1cc(Cl)ccc1N1CCCN(C)CC1. The number of nitrogens with zero attached hydrogens (tertiary/aromatic N) is 2. The molecule has 0 radical (unpaired) electrons. The van der Waals surface area contributed by atoms with E-state index in [0.717, 1.165) is 31.2 Å². The fraction of sp³-hybridized carbons (Fsp3) is 0.571. The summed E-state index contributed by atoms with van der Waals surface area (Å²) in [6.45, 7) is 5.40. The number of likely N-dealkylation sites (N-methyl/N-ethyl adjacent to an activating group) is 1. The molecule has 0 saturated carbocycles. The van der Waals surface area contributed by atoms with E-state index in [1.807, 2.05) is 13.1 Å². The highest BCUT2D eigenvalue weighted by Gasteiger charge is 2.15. The van der Waals surface area contributed by atoms with Crippen LogP contribution >= 0.6 is 11.6 Å². The number of nitrogens with one attached hydrogen (secondary N) is 1. The minimum Gasteiger partial charge on any atom is -0.370 e. The third kappa shape index (κ3) is 3.37. The second kappa shape index (κ2) is 6.41. The molecular weight excluding hydrogens is 246 g/mol. The highest BCUT2D eigenvalue weighted by atomic mass is 35.5. The molecule has 1 aromatic carbocycles. The van der Waals surface area contributed by atoms with E-state index in [-0.39, 0.29) is 0 Å². The first-order chi connectivity index (χ1) is 8.70. The summed E-state index contributed by atoms with van der Waals surface area (Å²) >= 11 is 6.09. The second-order valence-corrected chi connectivity index (χ2v) is 5.38. The summed E-state index contributed by atoms with van der Waals surface area (Å²) in [5.41, 5.74) is 2.61. The number of halogens is 1. The van der Waals surface area contributed by atoms with Gasteiger partial charge in [0, 0.05) is 36.9 Å². The maximum absolute atomic E-state index is 6.09. The number of hydrogen-bond donors (Lipinski definition) is 1. The van der Waals surface area contributed by atoms with Crippen LogP contribution in [0.15, 0.2) is 18.2 Å². The molecule has 100 valence electrons. The minimum atomic E-state index is 0.816. The Balaban J connectivity index is 2.20. The first kappa shape index (κ1) is 13.7. The van der Waals surface area contributed by atoms with E-state index in [1.54, 1.807) is 0 Å². The molecule has 1 aliphatic rings. The van der Waals surface area contributed by atoms with Gasteiger partial charge in [-0.1, -0.05) is 11.6 Å². The Morgan fingerprint density at radius 3 is 2.83 bits per heavy atom. The van der Waals surface area contributed by atoms with Gasteiger partial charge in [0.05, 0.1) is 0 Å². The minimum absolute atomic E-state index is 0.816. The van der Waals surface area contributed by atoms with E-state index >= 15 is 0 Å². The molecule has 1 saturated heterocycles. The van der Waals surface area contributed by atoms with Crippen molar-refractivity contribution in [2.45, 2.75) is 13.0 Å². The van der Waals surface area contributed by atoms with E-state index < -0.39 is 0 Å². The van der Waals surface area contributed by atoms with Crippen LogP contribution < -0.4 is 10.2 Å². The number of benzene rings is 1. The van der Waals surface area contributed by atoms with Crippen molar-refractivity contribution in [2.24, 2.45) is 0 Å². The van der Waals surface area contributed by atoms with Crippen molar-refractivity contribution < 1.29 is 0 Å². The molecule has 0 aromatic heterocycles. The lowest BCUT2D eigenvalue weighted by molar-refractivity contribution is 0.360. The van der Waals surface area contributed by atoms with Crippen molar-refractivity contribution in [3.05, 3.63) is 28.8 Å². The first-order valence-corrected chi connectivity index (χ1v) is 6.95. The fourth-order valence-electron chi connectivity index (χ4n) is 2.48. The average Bonchev–Trinajstić information content (AvgIpc) is 2.55. The summed E-state index contributed by atoms with van der Waals surface area (Å²) < 4.78 is 0. The molecule has 0 atom stereocenters. The summed E-state index contributed by atoms with van der Waals surface area (Å²) in [7, 11) is 4.17. The van der Waals surface area contributed by atoms with Crippen LogP contribution in [0.5, 0.6) is 0 Å². The largest absolute Gasteiger partial charge is 0.370 e. The van der Waals surface area contributed by atoms with Gasteiger partial charge in [0.15, 0.2) is 0 Å². The van der Waals surface area contributed by atoms with Crippen LogP contribution in [0.1, 0.15) is 12.0 Å². The average molecular weight is 268 g/mol. The van der Waals surface area contributed by atoms with Crippen molar-refractivity contribution in [1.82, 2.24) is 10.2 Å². The molecule has 0 unspecified atom stereocenters. The van der Waals surface area contributed by atoms with Crippen LogP contribution in [0, 0.1) is 0 Å². The van der Waals surface area contributed by atoms with Crippen LogP contribution in [0.4, 0.5) is 5.69 Å². The van der Waals surface area contributed by atoms with Gasteiger partial charge in [0.1, 0.15) is 0 Å². The summed E-state index contributed by atoms with van der Waals surface area (Å²) in [4.78, 5) is 4.88. The molecule has 0 aliphatic carbocycles. The van der Waals surface area contributed by atoms with Crippen LogP contribution in [0.2, 0.25) is 5.02 Å². The van der Waals surface area contributed by atoms with Gasteiger partial charge in [-0.2, -0.15) is 0 Å². The summed E-state index contributed by atoms with van der Waals surface area (Å²) in [6, 6.07) is 6.22. The lowest BCUT2D eigenvalue weighted by atomic mass is 10.1. The molecule has 0 amide bonds. The topological polar surface area (TPSA) is 18.5 Å². The number of hydrogen-bond acceptors (Lipinski definition) is 3. The zero-order valence-corrected chi connectivity index (χ0v) is 12.0. The number of anilines is 1. The molecule has 0 spiro atoms. The zero-order chi connectivity index (χ0) is 13.0. The van der Waals surface area contributed by atoms with E-state index in [9.17, 15) is 0 Å². The second-order valence-electron chi connectivity index (χ2n) is 4.95. The lowest BCUT2D eigenvalue weighted by Gasteiger charge is -2.25. The Labute approximate surface area is 115 Å².